The third-order valence-corrected chi connectivity index (χ3v) is 3.12. The molecule has 0 unspecified atom stereocenters. The molecular weight excluding hydrogens is 242 g/mol. The number of aliphatic hydroxyl groups is 1. The van der Waals surface area contributed by atoms with Crippen molar-refractivity contribution in [3.05, 3.63) is 59.7 Å². The fourth-order valence-electron chi connectivity index (χ4n) is 2.18. The average Bonchev–Trinajstić information content (AvgIpc) is 2.66. The van der Waals surface area contributed by atoms with E-state index in [4.69, 9.17) is 0 Å². The maximum Gasteiger partial charge on any atom is 0.262 e. The van der Waals surface area contributed by atoms with Crippen LogP contribution in [0.4, 0.5) is 0 Å². The van der Waals surface area contributed by atoms with Crippen LogP contribution in [0, 0.1) is 0 Å². The van der Waals surface area contributed by atoms with E-state index in [1.54, 1.807) is 36.4 Å². The minimum Gasteiger partial charge on any atom is -0.394 e. The lowest BCUT2D eigenvalue weighted by Crippen LogP contribution is -2.42. The highest BCUT2D eigenvalue weighted by atomic mass is 16.3. The van der Waals surface area contributed by atoms with E-state index in [0.717, 1.165) is 4.90 Å². The van der Waals surface area contributed by atoms with Gasteiger partial charge in [0, 0.05) is 0 Å². The lowest BCUT2D eigenvalue weighted by molar-refractivity contribution is 0.0557. The number of benzene rings is 1. The summed E-state index contributed by atoms with van der Waals surface area (Å²) in [6.07, 6.45) is 3.44. The van der Waals surface area contributed by atoms with Crippen LogP contribution in [0.1, 0.15) is 27.6 Å². The molecule has 1 atom stereocenters. The quantitative estimate of drug-likeness (QED) is 0.660. The lowest BCUT2D eigenvalue weighted by Gasteiger charge is -2.24. The summed E-state index contributed by atoms with van der Waals surface area (Å²) in [7, 11) is 0. The molecule has 1 heterocycles. The van der Waals surface area contributed by atoms with Crippen molar-refractivity contribution in [3.8, 4) is 0 Å². The number of fused-ring (bicyclic) bond motifs is 1. The molecule has 0 aromatic heterocycles. The Morgan fingerprint density at radius 3 is 2.26 bits per heavy atom. The molecule has 2 amide bonds. The summed E-state index contributed by atoms with van der Waals surface area (Å²) >= 11 is 0. The van der Waals surface area contributed by atoms with Gasteiger partial charge in [-0.15, -0.1) is 0 Å². The highest BCUT2D eigenvalue weighted by Gasteiger charge is 2.39. The number of allylic oxidation sites excluding steroid dienone is 1. The predicted molar refractivity (Wildman–Crippen MR) is 71.8 cm³/mol. The van der Waals surface area contributed by atoms with Crippen LogP contribution in [0.5, 0.6) is 0 Å². The van der Waals surface area contributed by atoms with Crippen LogP contribution in [0.2, 0.25) is 0 Å². The number of imide groups is 1. The number of aliphatic hydroxyl groups excluding tert-OH is 1. The molecule has 1 N–H and O–H groups in total. The normalized spacial score (nSPS) is 16.0. The molecule has 0 aliphatic carbocycles. The van der Waals surface area contributed by atoms with Crippen molar-refractivity contribution in [1.82, 2.24) is 4.90 Å². The Morgan fingerprint density at radius 2 is 1.84 bits per heavy atom. The van der Waals surface area contributed by atoms with Crippen LogP contribution in [-0.4, -0.2) is 34.5 Å². The molecule has 98 valence electrons. The number of carbonyl (C=O) groups excluding carboxylic acids is 2. The van der Waals surface area contributed by atoms with Crippen LogP contribution < -0.4 is 0 Å². The zero-order valence-corrected chi connectivity index (χ0v) is 10.7. The molecule has 0 saturated heterocycles. The smallest absolute Gasteiger partial charge is 0.262 e. The number of hydrogen-bond acceptors (Lipinski definition) is 3. The van der Waals surface area contributed by atoms with Crippen molar-refractivity contribution in [1.29, 1.82) is 0 Å². The highest BCUT2D eigenvalue weighted by Crippen LogP contribution is 2.26. The summed E-state index contributed by atoms with van der Waals surface area (Å²) in [5, 5.41) is 9.46. The van der Waals surface area contributed by atoms with E-state index in [1.807, 2.05) is 6.92 Å². The van der Waals surface area contributed by atoms with Crippen molar-refractivity contribution in [2.24, 2.45) is 0 Å². The molecule has 4 heteroatoms. The molecule has 0 radical (unpaired) electrons. The summed E-state index contributed by atoms with van der Waals surface area (Å²) in [6.45, 7) is 5.27. The lowest BCUT2D eigenvalue weighted by atomic mass is 10.1. The van der Waals surface area contributed by atoms with Gasteiger partial charge in [0.2, 0.25) is 0 Å². The summed E-state index contributed by atoms with van der Waals surface area (Å²) in [4.78, 5) is 25.6. The number of nitrogens with zero attached hydrogens (tertiary/aromatic N) is 1. The van der Waals surface area contributed by atoms with Crippen molar-refractivity contribution in [2.45, 2.75) is 13.0 Å². The van der Waals surface area contributed by atoms with Crippen LogP contribution in [0.3, 0.4) is 0 Å². The van der Waals surface area contributed by atoms with Gasteiger partial charge in [-0.25, -0.2) is 0 Å². The van der Waals surface area contributed by atoms with Crippen LogP contribution in [0.25, 0.3) is 0 Å². The zero-order valence-electron chi connectivity index (χ0n) is 10.7. The second kappa shape index (κ2) is 5.20. The Hall–Kier alpha value is -2.20. The van der Waals surface area contributed by atoms with E-state index < -0.39 is 6.04 Å². The molecule has 0 bridgehead atoms. The molecule has 1 aliphatic rings. The van der Waals surface area contributed by atoms with Crippen LogP contribution >= 0.6 is 0 Å². The first-order valence-corrected chi connectivity index (χ1v) is 6.01. The molecule has 0 spiro atoms. The van der Waals surface area contributed by atoms with Gasteiger partial charge in [0.05, 0.1) is 23.8 Å². The summed E-state index contributed by atoms with van der Waals surface area (Å²) in [5.74, 6) is -0.768. The number of carbonyl (C=O) groups is 2. The summed E-state index contributed by atoms with van der Waals surface area (Å²) < 4.78 is 0. The molecule has 1 aliphatic heterocycles. The monoisotopic (exact) mass is 257 g/mol. The van der Waals surface area contributed by atoms with Crippen molar-refractivity contribution in [3.63, 3.8) is 0 Å². The Balaban J connectivity index is 2.40. The molecular formula is C15H15NO3. The molecule has 0 saturated carbocycles. The fraction of sp³-hybridized carbons (Fsp3) is 0.200. The first-order chi connectivity index (χ1) is 9.11. The van der Waals surface area contributed by atoms with Crippen molar-refractivity contribution in [2.75, 3.05) is 6.61 Å². The number of rotatable bonds is 4. The van der Waals surface area contributed by atoms with Gasteiger partial charge in [0.15, 0.2) is 0 Å². The van der Waals surface area contributed by atoms with Crippen LogP contribution in [0.15, 0.2) is 48.6 Å². The van der Waals surface area contributed by atoms with E-state index in [0.29, 0.717) is 16.7 Å². The third kappa shape index (κ3) is 2.11. The first-order valence-electron chi connectivity index (χ1n) is 6.01. The van der Waals surface area contributed by atoms with Gasteiger partial charge in [-0.1, -0.05) is 30.9 Å². The van der Waals surface area contributed by atoms with E-state index in [1.165, 1.54) is 0 Å². The molecule has 1 aromatic rings. The highest BCUT2D eigenvalue weighted by molar-refractivity contribution is 6.21. The van der Waals surface area contributed by atoms with Gasteiger partial charge in [-0.3, -0.25) is 14.5 Å². The Morgan fingerprint density at radius 1 is 1.32 bits per heavy atom. The average molecular weight is 257 g/mol. The number of hydrogen-bond donors (Lipinski definition) is 1. The Labute approximate surface area is 111 Å². The van der Waals surface area contributed by atoms with E-state index in [-0.39, 0.29) is 18.4 Å². The van der Waals surface area contributed by atoms with Gasteiger partial charge in [-0.2, -0.15) is 0 Å². The minimum atomic E-state index is -0.719. The molecule has 1 aromatic carbocycles. The van der Waals surface area contributed by atoms with Gasteiger partial charge >= 0.3 is 0 Å². The third-order valence-electron chi connectivity index (χ3n) is 3.12. The molecule has 19 heavy (non-hydrogen) atoms. The SMILES string of the molecule is C=C(/C=C\C)[C@@H](CO)N1C(=O)c2ccccc2C1=O. The standard InChI is InChI=1S/C15H15NO3/c1-3-6-10(2)13(9-17)16-14(18)11-7-4-5-8-12(11)15(16)19/h3-8,13,17H,2,9H2,1H3/b6-3-/t13-/m1/s1. The largest absolute Gasteiger partial charge is 0.394 e. The van der Waals surface area contributed by atoms with Crippen molar-refractivity contribution >= 4 is 11.8 Å². The van der Waals surface area contributed by atoms with E-state index in [2.05, 4.69) is 6.58 Å². The Kier molecular flexibility index (Phi) is 3.62. The molecule has 2 rings (SSSR count). The molecule has 4 nitrogen and oxygen atoms in total. The summed E-state index contributed by atoms with van der Waals surface area (Å²) in [5.41, 5.74) is 1.28. The maximum absolute atomic E-state index is 12.2. The maximum atomic E-state index is 12.2. The van der Waals surface area contributed by atoms with E-state index in [9.17, 15) is 14.7 Å². The van der Waals surface area contributed by atoms with E-state index >= 15 is 0 Å². The van der Waals surface area contributed by atoms with Crippen LogP contribution in [-0.2, 0) is 0 Å². The van der Waals surface area contributed by atoms with Crippen molar-refractivity contribution < 1.29 is 14.7 Å². The van der Waals surface area contributed by atoms with Gasteiger partial charge in [0.1, 0.15) is 0 Å². The zero-order chi connectivity index (χ0) is 14.0. The second-order valence-electron chi connectivity index (χ2n) is 4.30. The predicted octanol–water partition coefficient (Wildman–Crippen LogP) is 1.78. The van der Waals surface area contributed by atoms with Gasteiger partial charge in [-0.05, 0) is 24.6 Å². The second-order valence-corrected chi connectivity index (χ2v) is 4.30. The first kappa shape index (κ1) is 13.2. The van der Waals surface area contributed by atoms with Gasteiger partial charge in [0.25, 0.3) is 11.8 Å². The minimum absolute atomic E-state index is 0.339. The molecule has 0 fully saturated rings. The Bertz CT molecular complexity index is 540. The fourth-order valence-corrected chi connectivity index (χ4v) is 2.18. The van der Waals surface area contributed by atoms with Gasteiger partial charge < -0.3 is 5.11 Å². The summed E-state index contributed by atoms with van der Waals surface area (Å²) in [6, 6.07) is 5.93. The topological polar surface area (TPSA) is 57.6 Å². The number of amides is 2.